The Morgan fingerprint density at radius 3 is 2.75 bits per heavy atom. The van der Waals surface area contributed by atoms with Gasteiger partial charge in [0.1, 0.15) is 0 Å². The molecule has 1 aromatic heterocycles. The summed E-state index contributed by atoms with van der Waals surface area (Å²) >= 11 is 5.66. The lowest BCUT2D eigenvalue weighted by molar-refractivity contribution is 0.428. The van der Waals surface area contributed by atoms with Crippen LogP contribution in [0.15, 0.2) is 41.4 Å². The van der Waals surface area contributed by atoms with Gasteiger partial charge in [-0.2, -0.15) is 4.31 Å². The van der Waals surface area contributed by atoms with Crippen LogP contribution >= 0.6 is 11.6 Å². The fourth-order valence-corrected chi connectivity index (χ4v) is 3.93. The highest BCUT2D eigenvalue weighted by Crippen LogP contribution is 2.24. The fraction of sp³-hybridized carbons (Fsp3) is 0.357. The number of alkyl halides is 1. The van der Waals surface area contributed by atoms with E-state index in [9.17, 15) is 8.42 Å². The van der Waals surface area contributed by atoms with Crippen molar-refractivity contribution in [2.24, 2.45) is 0 Å². The molecule has 2 aromatic rings. The van der Waals surface area contributed by atoms with Crippen molar-refractivity contribution in [1.29, 1.82) is 0 Å². The van der Waals surface area contributed by atoms with E-state index >= 15 is 0 Å². The molecular weight excluding hydrogens is 296 g/mol. The van der Waals surface area contributed by atoms with E-state index in [0.29, 0.717) is 41.2 Å². The average molecular weight is 313 g/mol. The second-order valence-electron chi connectivity index (χ2n) is 4.37. The summed E-state index contributed by atoms with van der Waals surface area (Å²) in [5, 5.41) is 0.652. The topological polar surface area (TPSA) is 50.3 Å². The van der Waals surface area contributed by atoms with E-state index in [0.717, 1.165) is 0 Å². The quantitative estimate of drug-likeness (QED) is 0.771. The van der Waals surface area contributed by atoms with Crippen LogP contribution in [0.5, 0.6) is 0 Å². The molecule has 108 valence electrons. The molecule has 0 aliphatic carbocycles. The van der Waals surface area contributed by atoms with E-state index in [4.69, 9.17) is 11.6 Å². The van der Waals surface area contributed by atoms with Crippen LogP contribution in [0.4, 0.5) is 0 Å². The van der Waals surface area contributed by atoms with Crippen LogP contribution in [-0.4, -0.2) is 36.7 Å². The van der Waals surface area contributed by atoms with Gasteiger partial charge in [0.2, 0.25) is 10.0 Å². The lowest BCUT2D eigenvalue weighted by atomic mass is 10.2. The molecule has 0 radical (unpaired) electrons. The van der Waals surface area contributed by atoms with Crippen molar-refractivity contribution in [2.75, 3.05) is 19.0 Å². The molecule has 0 saturated heterocycles. The molecule has 6 heteroatoms. The molecule has 0 atom stereocenters. The van der Waals surface area contributed by atoms with E-state index in [1.165, 1.54) is 4.31 Å². The molecule has 0 bridgehead atoms. The molecule has 0 N–H and O–H groups in total. The fourth-order valence-electron chi connectivity index (χ4n) is 2.12. The Hall–Kier alpha value is -1.17. The van der Waals surface area contributed by atoms with Gasteiger partial charge in [0, 0.05) is 30.6 Å². The molecule has 0 aliphatic rings. The van der Waals surface area contributed by atoms with Gasteiger partial charge < -0.3 is 0 Å². The first-order valence-corrected chi connectivity index (χ1v) is 8.48. The van der Waals surface area contributed by atoms with Gasteiger partial charge in [-0.05, 0) is 30.7 Å². The predicted molar refractivity (Wildman–Crippen MR) is 81.5 cm³/mol. The summed E-state index contributed by atoms with van der Waals surface area (Å²) in [6.07, 6.45) is 2.29. The minimum Gasteiger partial charge on any atom is -0.256 e. The van der Waals surface area contributed by atoms with Gasteiger partial charge in [0.15, 0.2) is 0 Å². The number of nitrogens with zero attached hydrogens (tertiary/aromatic N) is 2. The Kier molecular flexibility index (Phi) is 4.96. The average Bonchev–Trinajstić information content (AvgIpc) is 2.47. The van der Waals surface area contributed by atoms with Crippen molar-refractivity contribution >= 4 is 32.5 Å². The molecular formula is C14H17ClN2O2S. The molecule has 0 unspecified atom stereocenters. The summed E-state index contributed by atoms with van der Waals surface area (Å²) in [6, 6.07) is 8.69. The number of rotatable bonds is 6. The number of fused-ring (bicyclic) bond motifs is 1. The smallest absolute Gasteiger partial charge is 0.243 e. The van der Waals surface area contributed by atoms with Gasteiger partial charge in [-0.25, -0.2) is 8.42 Å². The van der Waals surface area contributed by atoms with E-state index in [1.54, 1.807) is 30.5 Å². The number of benzene rings is 1. The molecule has 0 spiro atoms. The van der Waals surface area contributed by atoms with E-state index in [2.05, 4.69) is 4.98 Å². The van der Waals surface area contributed by atoms with Crippen LogP contribution in [-0.2, 0) is 10.0 Å². The lowest BCUT2D eigenvalue weighted by Gasteiger charge is -2.20. The summed E-state index contributed by atoms with van der Waals surface area (Å²) in [4.78, 5) is 4.50. The normalized spacial score (nSPS) is 12.2. The van der Waals surface area contributed by atoms with Crippen molar-refractivity contribution in [1.82, 2.24) is 9.29 Å². The lowest BCUT2D eigenvalue weighted by Crippen LogP contribution is -2.32. The van der Waals surface area contributed by atoms with E-state index in [1.807, 2.05) is 13.0 Å². The van der Waals surface area contributed by atoms with Crippen LogP contribution in [0, 0.1) is 0 Å². The molecule has 0 fully saturated rings. The molecule has 0 saturated carbocycles. The Morgan fingerprint density at radius 2 is 2.05 bits per heavy atom. The SMILES string of the molecule is CCN(CCCCl)S(=O)(=O)c1cccc2ncccc12. The number of pyridine rings is 1. The van der Waals surface area contributed by atoms with Gasteiger partial charge >= 0.3 is 0 Å². The summed E-state index contributed by atoms with van der Waals surface area (Å²) < 4.78 is 26.9. The van der Waals surface area contributed by atoms with Gasteiger partial charge in [-0.1, -0.05) is 13.0 Å². The number of sulfonamides is 1. The number of aromatic nitrogens is 1. The summed E-state index contributed by atoms with van der Waals surface area (Å²) in [7, 11) is -3.52. The second-order valence-corrected chi connectivity index (χ2v) is 6.65. The molecule has 1 aromatic carbocycles. The first kappa shape index (κ1) is 15.2. The van der Waals surface area contributed by atoms with Crippen LogP contribution in [0.1, 0.15) is 13.3 Å². The molecule has 0 aliphatic heterocycles. The first-order chi connectivity index (χ1) is 9.61. The number of hydrogen-bond donors (Lipinski definition) is 0. The third-order valence-electron chi connectivity index (χ3n) is 3.12. The molecule has 4 nitrogen and oxygen atoms in total. The Balaban J connectivity index is 2.51. The zero-order chi connectivity index (χ0) is 14.6. The zero-order valence-corrected chi connectivity index (χ0v) is 12.9. The maximum Gasteiger partial charge on any atom is 0.243 e. The van der Waals surface area contributed by atoms with E-state index in [-0.39, 0.29) is 0 Å². The Labute approximate surface area is 124 Å². The molecule has 0 amide bonds. The second kappa shape index (κ2) is 6.52. The standard InChI is InChI=1S/C14H17ClN2O2S/c1-2-17(11-5-9-15)20(18,19)14-8-3-7-13-12(14)6-4-10-16-13/h3-4,6-8,10H,2,5,9,11H2,1H3. The van der Waals surface area contributed by atoms with Crippen LogP contribution in [0.25, 0.3) is 10.9 Å². The van der Waals surface area contributed by atoms with Crippen LogP contribution in [0.3, 0.4) is 0 Å². The van der Waals surface area contributed by atoms with Crippen molar-refractivity contribution in [2.45, 2.75) is 18.2 Å². The molecule has 1 heterocycles. The van der Waals surface area contributed by atoms with Gasteiger partial charge in [0.05, 0.1) is 10.4 Å². The minimum atomic E-state index is -3.52. The third-order valence-corrected chi connectivity index (χ3v) is 5.42. The number of hydrogen-bond acceptors (Lipinski definition) is 3. The highest BCUT2D eigenvalue weighted by Gasteiger charge is 2.24. The maximum absolute atomic E-state index is 12.7. The van der Waals surface area contributed by atoms with Crippen LogP contribution in [0.2, 0.25) is 0 Å². The summed E-state index contributed by atoms with van der Waals surface area (Å²) in [5.41, 5.74) is 0.682. The highest BCUT2D eigenvalue weighted by atomic mass is 35.5. The number of halogens is 1. The monoisotopic (exact) mass is 312 g/mol. The predicted octanol–water partition coefficient (Wildman–Crippen LogP) is 2.87. The van der Waals surface area contributed by atoms with Crippen LogP contribution < -0.4 is 0 Å². The van der Waals surface area contributed by atoms with Crippen molar-refractivity contribution < 1.29 is 8.42 Å². The highest BCUT2D eigenvalue weighted by molar-refractivity contribution is 7.89. The molecule has 2 rings (SSSR count). The minimum absolute atomic E-state index is 0.305. The third kappa shape index (κ3) is 2.95. The maximum atomic E-state index is 12.7. The Bertz CT molecular complexity index is 683. The Morgan fingerprint density at radius 1 is 1.25 bits per heavy atom. The van der Waals surface area contributed by atoms with Gasteiger partial charge in [0.25, 0.3) is 0 Å². The summed E-state index contributed by atoms with van der Waals surface area (Å²) in [6.45, 7) is 2.68. The largest absolute Gasteiger partial charge is 0.256 e. The van der Waals surface area contributed by atoms with E-state index < -0.39 is 10.0 Å². The first-order valence-electron chi connectivity index (χ1n) is 6.51. The van der Waals surface area contributed by atoms with Gasteiger partial charge in [-0.3, -0.25) is 4.98 Å². The summed E-state index contributed by atoms with van der Waals surface area (Å²) in [5.74, 6) is 0.448. The van der Waals surface area contributed by atoms with Gasteiger partial charge in [-0.15, -0.1) is 11.6 Å². The van der Waals surface area contributed by atoms with Crippen molar-refractivity contribution in [3.8, 4) is 0 Å². The molecule has 20 heavy (non-hydrogen) atoms. The zero-order valence-electron chi connectivity index (χ0n) is 11.3. The van der Waals surface area contributed by atoms with Crippen molar-refractivity contribution in [3.63, 3.8) is 0 Å². The van der Waals surface area contributed by atoms with Crippen molar-refractivity contribution in [3.05, 3.63) is 36.5 Å².